The first kappa shape index (κ1) is 16.6. The standard InChI is InChI=1S/C17H26N2O3/c1-18-10-7-14-8-11-19(12-9-14)17(20)13-22-16-5-3-15(21-2)4-6-16/h3-6,14,18H,7-13H2,1-2H3. The van der Waals surface area contributed by atoms with Gasteiger partial charge in [-0.3, -0.25) is 4.79 Å². The highest BCUT2D eigenvalue weighted by Gasteiger charge is 2.22. The minimum absolute atomic E-state index is 0.0721. The van der Waals surface area contributed by atoms with Crippen LogP contribution in [0.2, 0.25) is 0 Å². The maximum absolute atomic E-state index is 12.2. The van der Waals surface area contributed by atoms with Gasteiger partial charge < -0.3 is 19.7 Å². The highest BCUT2D eigenvalue weighted by atomic mass is 16.5. The predicted octanol–water partition coefficient (Wildman–Crippen LogP) is 1.92. The van der Waals surface area contributed by atoms with Crippen LogP contribution >= 0.6 is 0 Å². The van der Waals surface area contributed by atoms with E-state index in [1.165, 1.54) is 6.42 Å². The summed E-state index contributed by atoms with van der Waals surface area (Å²) in [6, 6.07) is 7.28. The molecule has 1 heterocycles. The minimum atomic E-state index is 0.0721. The maximum atomic E-state index is 12.2. The van der Waals surface area contributed by atoms with E-state index in [1.54, 1.807) is 7.11 Å². The molecular formula is C17H26N2O3. The summed E-state index contributed by atoms with van der Waals surface area (Å²) >= 11 is 0. The van der Waals surface area contributed by atoms with Gasteiger partial charge in [-0.25, -0.2) is 0 Å². The van der Waals surface area contributed by atoms with E-state index in [-0.39, 0.29) is 12.5 Å². The van der Waals surface area contributed by atoms with E-state index in [0.717, 1.165) is 44.1 Å². The number of nitrogens with zero attached hydrogens (tertiary/aromatic N) is 1. The second-order valence-electron chi connectivity index (χ2n) is 5.68. The molecule has 0 aromatic heterocycles. The average molecular weight is 306 g/mol. The average Bonchev–Trinajstić information content (AvgIpc) is 2.58. The summed E-state index contributed by atoms with van der Waals surface area (Å²) in [6.07, 6.45) is 3.38. The molecule has 122 valence electrons. The first-order valence-corrected chi connectivity index (χ1v) is 7.92. The van der Waals surface area contributed by atoms with Gasteiger partial charge in [-0.2, -0.15) is 0 Å². The summed E-state index contributed by atoms with van der Waals surface area (Å²) in [7, 11) is 3.61. The number of hydrogen-bond acceptors (Lipinski definition) is 4. The van der Waals surface area contributed by atoms with Crippen molar-refractivity contribution in [2.24, 2.45) is 5.92 Å². The monoisotopic (exact) mass is 306 g/mol. The number of carbonyl (C=O) groups excluding carboxylic acids is 1. The summed E-state index contributed by atoms with van der Waals surface area (Å²) in [4.78, 5) is 14.1. The number of carbonyl (C=O) groups is 1. The summed E-state index contributed by atoms with van der Waals surface area (Å²) in [6.45, 7) is 2.85. The molecule has 1 fully saturated rings. The van der Waals surface area contributed by atoms with Gasteiger partial charge >= 0.3 is 0 Å². The first-order valence-electron chi connectivity index (χ1n) is 7.92. The summed E-state index contributed by atoms with van der Waals surface area (Å²) in [5.74, 6) is 2.28. The van der Waals surface area contributed by atoms with Crippen LogP contribution in [0.25, 0.3) is 0 Å². The van der Waals surface area contributed by atoms with Crippen molar-refractivity contribution < 1.29 is 14.3 Å². The van der Waals surface area contributed by atoms with Crippen LogP contribution in [0.1, 0.15) is 19.3 Å². The van der Waals surface area contributed by atoms with Gasteiger partial charge in [-0.1, -0.05) is 0 Å². The summed E-state index contributed by atoms with van der Waals surface area (Å²) < 4.78 is 10.6. The van der Waals surface area contributed by atoms with E-state index in [1.807, 2.05) is 36.2 Å². The van der Waals surface area contributed by atoms with Crippen LogP contribution in [0.3, 0.4) is 0 Å². The second kappa shape index (κ2) is 8.63. The number of piperidine rings is 1. The molecule has 0 atom stereocenters. The second-order valence-corrected chi connectivity index (χ2v) is 5.68. The van der Waals surface area contributed by atoms with Gasteiger partial charge in [0.1, 0.15) is 11.5 Å². The van der Waals surface area contributed by atoms with Crippen LogP contribution in [0.5, 0.6) is 11.5 Å². The Kier molecular flexibility index (Phi) is 6.52. The Hall–Kier alpha value is -1.75. The Morgan fingerprint density at radius 1 is 1.23 bits per heavy atom. The van der Waals surface area contributed by atoms with Crippen molar-refractivity contribution in [2.75, 3.05) is 40.4 Å². The normalized spacial score (nSPS) is 15.6. The molecule has 0 aliphatic carbocycles. The Bertz CT molecular complexity index is 453. The van der Waals surface area contributed by atoms with Crippen molar-refractivity contribution in [3.8, 4) is 11.5 Å². The van der Waals surface area contributed by atoms with Crippen LogP contribution in [0.4, 0.5) is 0 Å². The van der Waals surface area contributed by atoms with Crippen molar-refractivity contribution >= 4 is 5.91 Å². The molecule has 2 rings (SSSR count). The fourth-order valence-corrected chi connectivity index (χ4v) is 2.73. The van der Waals surface area contributed by atoms with Gasteiger partial charge in [0, 0.05) is 13.1 Å². The van der Waals surface area contributed by atoms with Crippen LogP contribution in [0, 0.1) is 5.92 Å². The van der Waals surface area contributed by atoms with E-state index >= 15 is 0 Å². The zero-order chi connectivity index (χ0) is 15.8. The summed E-state index contributed by atoms with van der Waals surface area (Å²) in [5, 5.41) is 3.19. The van der Waals surface area contributed by atoms with Crippen molar-refractivity contribution in [2.45, 2.75) is 19.3 Å². The molecule has 22 heavy (non-hydrogen) atoms. The molecule has 1 N–H and O–H groups in total. The highest BCUT2D eigenvalue weighted by Crippen LogP contribution is 2.21. The van der Waals surface area contributed by atoms with E-state index in [9.17, 15) is 4.79 Å². The van der Waals surface area contributed by atoms with Gasteiger partial charge in [0.15, 0.2) is 6.61 Å². The van der Waals surface area contributed by atoms with E-state index in [4.69, 9.17) is 9.47 Å². The Labute approximate surface area is 132 Å². The molecular weight excluding hydrogens is 280 g/mol. The lowest BCUT2D eigenvalue weighted by Gasteiger charge is -2.32. The quantitative estimate of drug-likeness (QED) is 0.836. The smallest absolute Gasteiger partial charge is 0.260 e. The van der Waals surface area contributed by atoms with E-state index < -0.39 is 0 Å². The van der Waals surface area contributed by atoms with Crippen molar-refractivity contribution in [1.29, 1.82) is 0 Å². The first-order chi connectivity index (χ1) is 10.7. The molecule has 5 heteroatoms. The number of ether oxygens (including phenoxy) is 2. The van der Waals surface area contributed by atoms with Gasteiger partial charge in [0.05, 0.1) is 7.11 Å². The largest absolute Gasteiger partial charge is 0.497 e. The molecule has 0 unspecified atom stereocenters. The number of hydrogen-bond donors (Lipinski definition) is 1. The predicted molar refractivity (Wildman–Crippen MR) is 86.3 cm³/mol. The third-order valence-electron chi connectivity index (χ3n) is 4.19. The number of methoxy groups -OCH3 is 1. The number of likely N-dealkylation sites (tertiary alicyclic amines) is 1. The number of amides is 1. The van der Waals surface area contributed by atoms with Gasteiger partial charge in [-0.05, 0) is 63.0 Å². The fraction of sp³-hybridized carbons (Fsp3) is 0.588. The third-order valence-corrected chi connectivity index (χ3v) is 4.19. The molecule has 1 aromatic rings. The third kappa shape index (κ3) is 4.91. The van der Waals surface area contributed by atoms with Gasteiger partial charge in [-0.15, -0.1) is 0 Å². The van der Waals surface area contributed by atoms with Crippen molar-refractivity contribution in [1.82, 2.24) is 10.2 Å². The SMILES string of the molecule is CNCCC1CCN(C(=O)COc2ccc(OC)cc2)CC1. The lowest BCUT2D eigenvalue weighted by molar-refractivity contribution is -0.134. The van der Waals surface area contributed by atoms with Gasteiger partial charge in [0.25, 0.3) is 5.91 Å². The Morgan fingerprint density at radius 2 is 1.86 bits per heavy atom. The number of rotatable bonds is 7. The molecule has 1 aliphatic rings. The molecule has 0 bridgehead atoms. The molecule has 1 aliphatic heterocycles. The molecule has 0 spiro atoms. The highest BCUT2D eigenvalue weighted by molar-refractivity contribution is 5.77. The topological polar surface area (TPSA) is 50.8 Å². The molecule has 5 nitrogen and oxygen atoms in total. The Morgan fingerprint density at radius 3 is 2.45 bits per heavy atom. The van der Waals surface area contributed by atoms with Crippen molar-refractivity contribution in [3.63, 3.8) is 0 Å². The lowest BCUT2D eigenvalue weighted by Crippen LogP contribution is -2.41. The molecule has 1 aromatic carbocycles. The maximum Gasteiger partial charge on any atom is 0.260 e. The Balaban J connectivity index is 1.71. The fourth-order valence-electron chi connectivity index (χ4n) is 2.73. The molecule has 1 saturated heterocycles. The zero-order valence-corrected chi connectivity index (χ0v) is 13.5. The van der Waals surface area contributed by atoms with Crippen LogP contribution in [-0.2, 0) is 4.79 Å². The molecule has 0 radical (unpaired) electrons. The van der Waals surface area contributed by atoms with E-state index in [0.29, 0.717) is 5.75 Å². The minimum Gasteiger partial charge on any atom is -0.497 e. The van der Waals surface area contributed by atoms with Crippen LogP contribution in [0.15, 0.2) is 24.3 Å². The van der Waals surface area contributed by atoms with E-state index in [2.05, 4.69) is 5.32 Å². The molecule has 0 saturated carbocycles. The molecule has 1 amide bonds. The van der Waals surface area contributed by atoms with Crippen LogP contribution < -0.4 is 14.8 Å². The number of nitrogens with one attached hydrogen (secondary N) is 1. The zero-order valence-electron chi connectivity index (χ0n) is 13.5. The van der Waals surface area contributed by atoms with Crippen molar-refractivity contribution in [3.05, 3.63) is 24.3 Å². The number of benzene rings is 1. The van der Waals surface area contributed by atoms with Gasteiger partial charge in [0.2, 0.25) is 0 Å². The van der Waals surface area contributed by atoms with Crippen LogP contribution in [-0.4, -0.2) is 51.2 Å². The summed E-state index contributed by atoms with van der Waals surface area (Å²) in [5.41, 5.74) is 0. The lowest BCUT2D eigenvalue weighted by atomic mass is 9.93.